The molecule has 166 valence electrons. The van der Waals surface area contributed by atoms with E-state index in [1.165, 1.54) is 6.92 Å². The molecular weight excluding hydrogens is 600 g/mol. The van der Waals surface area contributed by atoms with E-state index < -0.39 is 36.4 Å². The van der Waals surface area contributed by atoms with Crippen LogP contribution in [0.1, 0.15) is 18.9 Å². The number of nitrogens with one attached hydrogen (secondary N) is 1. The molecule has 0 unspecified atom stereocenters. The first-order valence-electron chi connectivity index (χ1n) is 9.99. The predicted molar refractivity (Wildman–Crippen MR) is 124 cm³/mol. The standard InChI is InChI=1S/C21H21Br3N2O5/c1-8-5-10(22)3-4-13(8)25-14(27)7-31-21(30)9(2)26-19(28)15-11-6-12(16(15)20(26)29)18(24)17(11)23/h3-5,9,11-12,15-18H,6-7H2,1-2H3,(H,25,27)/t9-,11+,12+,15-,16+,17-,18-/m0/s1. The number of esters is 1. The Hall–Kier alpha value is -1.26. The Morgan fingerprint density at radius 3 is 2.29 bits per heavy atom. The van der Waals surface area contributed by atoms with Crippen LogP contribution in [-0.4, -0.2) is 50.9 Å². The van der Waals surface area contributed by atoms with Gasteiger partial charge in [0, 0.05) is 19.8 Å². The van der Waals surface area contributed by atoms with Crippen molar-refractivity contribution in [1.29, 1.82) is 0 Å². The molecule has 10 heteroatoms. The number of nitrogens with zero attached hydrogens (tertiary/aromatic N) is 1. The average Bonchev–Trinajstić information content (AvgIpc) is 3.32. The molecule has 0 radical (unpaired) electrons. The molecule has 1 aliphatic heterocycles. The first-order chi connectivity index (χ1) is 14.6. The summed E-state index contributed by atoms with van der Waals surface area (Å²) in [7, 11) is 0. The molecule has 3 aliphatic rings. The van der Waals surface area contributed by atoms with Crippen LogP contribution in [0, 0.1) is 30.6 Å². The van der Waals surface area contributed by atoms with E-state index >= 15 is 0 Å². The summed E-state index contributed by atoms with van der Waals surface area (Å²) >= 11 is 10.6. The van der Waals surface area contributed by atoms with Crippen molar-refractivity contribution in [2.24, 2.45) is 23.7 Å². The fourth-order valence-electron chi connectivity index (χ4n) is 5.07. The Bertz CT molecular complexity index is 938. The summed E-state index contributed by atoms with van der Waals surface area (Å²) in [6.45, 7) is 2.81. The minimum Gasteiger partial charge on any atom is -0.454 e. The summed E-state index contributed by atoms with van der Waals surface area (Å²) in [6.07, 6.45) is 0.820. The monoisotopic (exact) mass is 618 g/mol. The second-order valence-electron chi connectivity index (χ2n) is 8.34. The highest BCUT2D eigenvalue weighted by molar-refractivity contribution is 9.12. The number of carbonyl (C=O) groups is 4. The number of aryl methyl sites for hydroxylation is 1. The summed E-state index contributed by atoms with van der Waals surface area (Å²) in [6, 6.07) is 4.31. The highest BCUT2D eigenvalue weighted by Crippen LogP contribution is 2.60. The predicted octanol–water partition coefficient (Wildman–Crippen LogP) is 3.41. The van der Waals surface area contributed by atoms with Crippen molar-refractivity contribution in [3.63, 3.8) is 0 Å². The molecule has 3 fully saturated rings. The Morgan fingerprint density at radius 2 is 1.74 bits per heavy atom. The van der Waals surface area contributed by atoms with Crippen LogP contribution in [0.4, 0.5) is 5.69 Å². The average molecular weight is 621 g/mol. The maximum absolute atomic E-state index is 13.0. The third-order valence-electron chi connectivity index (χ3n) is 6.56. The maximum Gasteiger partial charge on any atom is 0.329 e. The smallest absolute Gasteiger partial charge is 0.329 e. The van der Waals surface area contributed by atoms with Gasteiger partial charge in [0.15, 0.2) is 6.61 Å². The van der Waals surface area contributed by atoms with Gasteiger partial charge < -0.3 is 10.1 Å². The third-order valence-corrected chi connectivity index (χ3v) is 10.3. The van der Waals surface area contributed by atoms with Crippen LogP contribution in [0.25, 0.3) is 0 Å². The molecule has 1 aromatic carbocycles. The Kier molecular flexibility index (Phi) is 6.35. The largest absolute Gasteiger partial charge is 0.454 e. The topological polar surface area (TPSA) is 92.8 Å². The zero-order chi connectivity index (χ0) is 22.6. The van der Waals surface area contributed by atoms with Gasteiger partial charge in [-0.3, -0.25) is 19.3 Å². The van der Waals surface area contributed by atoms with Gasteiger partial charge in [-0.2, -0.15) is 0 Å². The number of hydrogen-bond donors (Lipinski definition) is 1. The number of rotatable bonds is 5. The second-order valence-corrected chi connectivity index (χ2v) is 11.4. The molecule has 1 saturated heterocycles. The molecule has 0 spiro atoms. The van der Waals surface area contributed by atoms with E-state index in [2.05, 4.69) is 53.1 Å². The van der Waals surface area contributed by atoms with Gasteiger partial charge in [-0.15, -0.1) is 0 Å². The number of anilines is 1. The van der Waals surface area contributed by atoms with Crippen LogP contribution in [-0.2, 0) is 23.9 Å². The van der Waals surface area contributed by atoms with Crippen LogP contribution in [0.2, 0.25) is 0 Å². The molecule has 1 aromatic rings. The number of ether oxygens (including phenoxy) is 1. The SMILES string of the molecule is Cc1cc(Br)ccc1NC(=O)COC(=O)[C@H](C)N1C(=O)[C@@H]2[C@H]3C[C@@H]([C@H](Br)[C@H]3Br)[C@@H]2C1=O. The lowest BCUT2D eigenvalue weighted by Gasteiger charge is -2.28. The quantitative estimate of drug-likeness (QED) is 0.310. The number of carbonyl (C=O) groups excluding carboxylic acids is 4. The number of amides is 3. The number of imide groups is 1. The summed E-state index contributed by atoms with van der Waals surface area (Å²) < 4.78 is 6.01. The molecule has 7 atom stereocenters. The molecule has 2 saturated carbocycles. The molecule has 31 heavy (non-hydrogen) atoms. The summed E-state index contributed by atoms with van der Waals surface area (Å²) in [5, 5.41) is 2.69. The van der Waals surface area contributed by atoms with Crippen LogP contribution < -0.4 is 5.32 Å². The van der Waals surface area contributed by atoms with Gasteiger partial charge in [-0.1, -0.05) is 47.8 Å². The van der Waals surface area contributed by atoms with Gasteiger partial charge in [-0.25, -0.2) is 4.79 Å². The fraction of sp³-hybridized carbons (Fsp3) is 0.524. The molecule has 1 heterocycles. The van der Waals surface area contributed by atoms with Crippen LogP contribution >= 0.6 is 47.8 Å². The first kappa shape index (κ1) is 22.9. The van der Waals surface area contributed by atoms with Crippen LogP contribution in [0.3, 0.4) is 0 Å². The second kappa shape index (κ2) is 8.59. The number of hydrogen-bond acceptors (Lipinski definition) is 5. The Balaban J connectivity index is 1.37. The molecule has 2 aliphatic carbocycles. The fourth-order valence-corrected chi connectivity index (χ4v) is 7.42. The van der Waals surface area contributed by atoms with Gasteiger partial charge >= 0.3 is 5.97 Å². The van der Waals surface area contributed by atoms with Crippen molar-refractivity contribution in [2.75, 3.05) is 11.9 Å². The van der Waals surface area contributed by atoms with Gasteiger partial charge in [0.05, 0.1) is 11.8 Å². The van der Waals surface area contributed by atoms with Crippen molar-refractivity contribution < 1.29 is 23.9 Å². The molecule has 3 amide bonds. The minimum absolute atomic E-state index is 0.0731. The lowest BCUT2D eigenvalue weighted by atomic mass is 9.81. The zero-order valence-electron chi connectivity index (χ0n) is 16.8. The van der Waals surface area contributed by atoms with E-state index in [-0.39, 0.29) is 33.3 Å². The van der Waals surface area contributed by atoms with Crippen molar-refractivity contribution >= 4 is 77.2 Å². The molecule has 1 N–H and O–H groups in total. The van der Waals surface area contributed by atoms with E-state index in [1.54, 1.807) is 12.1 Å². The third kappa shape index (κ3) is 3.88. The van der Waals surface area contributed by atoms with Crippen molar-refractivity contribution in [2.45, 2.75) is 36.0 Å². The normalized spacial score (nSPS) is 32.2. The first-order valence-corrected chi connectivity index (χ1v) is 12.6. The zero-order valence-corrected chi connectivity index (χ0v) is 21.6. The minimum atomic E-state index is -1.07. The summed E-state index contributed by atoms with van der Waals surface area (Å²) in [5.41, 5.74) is 1.46. The number of benzene rings is 1. The van der Waals surface area contributed by atoms with Gasteiger partial charge in [0.2, 0.25) is 11.8 Å². The highest BCUT2D eigenvalue weighted by atomic mass is 79.9. The highest BCUT2D eigenvalue weighted by Gasteiger charge is 2.67. The number of likely N-dealkylation sites (tertiary alicyclic amines) is 1. The molecule has 2 bridgehead atoms. The van der Waals surface area contributed by atoms with E-state index in [4.69, 9.17) is 4.74 Å². The molecule has 7 nitrogen and oxygen atoms in total. The summed E-state index contributed by atoms with van der Waals surface area (Å²) in [5.74, 6) is -2.54. The lowest BCUT2D eigenvalue weighted by molar-refractivity contribution is -0.159. The van der Waals surface area contributed by atoms with E-state index in [9.17, 15) is 19.2 Å². The van der Waals surface area contributed by atoms with Crippen molar-refractivity contribution in [3.8, 4) is 0 Å². The molecular formula is C21H21Br3N2O5. The number of halogens is 3. The van der Waals surface area contributed by atoms with Crippen molar-refractivity contribution in [3.05, 3.63) is 28.2 Å². The number of fused-ring (bicyclic) bond motifs is 5. The summed E-state index contributed by atoms with van der Waals surface area (Å²) in [4.78, 5) is 52.1. The van der Waals surface area contributed by atoms with Crippen molar-refractivity contribution in [1.82, 2.24) is 4.90 Å². The number of alkyl halides is 2. The molecule has 4 rings (SSSR count). The molecule has 0 aromatic heterocycles. The van der Waals surface area contributed by atoms with Gasteiger partial charge in [0.25, 0.3) is 5.91 Å². The lowest BCUT2D eigenvalue weighted by Crippen LogP contribution is -2.45. The van der Waals surface area contributed by atoms with Crippen LogP contribution in [0.5, 0.6) is 0 Å². The van der Waals surface area contributed by atoms with E-state index in [0.717, 1.165) is 21.4 Å². The Labute approximate surface area is 205 Å². The Morgan fingerprint density at radius 1 is 1.16 bits per heavy atom. The maximum atomic E-state index is 13.0. The van der Waals surface area contributed by atoms with Gasteiger partial charge in [0.1, 0.15) is 6.04 Å². The van der Waals surface area contributed by atoms with Crippen LogP contribution in [0.15, 0.2) is 22.7 Å². The van der Waals surface area contributed by atoms with Gasteiger partial charge in [-0.05, 0) is 55.9 Å². The van der Waals surface area contributed by atoms with E-state index in [1.807, 2.05) is 13.0 Å². The van der Waals surface area contributed by atoms with E-state index in [0.29, 0.717) is 5.69 Å².